The maximum atomic E-state index is 13.7. The molecule has 3 aromatic rings. The summed E-state index contributed by atoms with van der Waals surface area (Å²) in [5.74, 6) is 1.41. The van der Waals surface area contributed by atoms with Crippen molar-refractivity contribution in [3.05, 3.63) is 94.0 Å². The number of fused-ring (bicyclic) bond motifs is 1. The van der Waals surface area contributed by atoms with Crippen LogP contribution in [0.5, 0.6) is 11.5 Å². The quantitative estimate of drug-likeness (QED) is 0.492. The van der Waals surface area contributed by atoms with Gasteiger partial charge in [-0.05, 0) is 66.3 Å². The van der Waals surface area contributed by atoms with E-state index < -0.39 is 0 Å². The van der Waals surface area contributed by atoms with Crippen LogP contribution in [0.25, 0.3) is 0 Å². The van der Waals surface area contributed by atoms with E-state index in [1.165, 1.54) is 22.3 Å². The molecule has 0 spiro atoms. The third kappa shape index (κ3) is 4.73. The smallest absolute Gasteiger partial charge is 0.257 e. The van der Waals surface area contributed by atoms with Gasteiger partial charge in [-0.2, -0.15) is 5.10 Å². The molecule has 5 rings (SSSR count). The lowest BCUT2D eigenvalue weighted by molar-refractivity contribution is -0.134. The summed E-state index contributed by atoms with van der Waals surface area (Å²) < 4.78 is 11.1. The summed E-state index contributed by atoms with van der Waals surface area (Å²) in [5.41, 5.74) is 8.02. The van der Waals surface area contributed by atoms with Crippen molar-refractivity contribution < 1.29 is 14.3 Å². The van der Waals surface area contributed by atoms with E-state index in [2.05, 4.69) is 61.2 Å². The Morgan fingerprint density at radius 3 is 2.53 bits per heavy atom. The number of aryl methyl sites for hydroxylation is 2. The first kappa shape index (κ1) is 24.1. The first-order valence-electron chi connectivity index (χ1n) is 12.4. The van der Waals surface area contributed by atoms with Crippen molar-refractivity contribution in [2.24, 2.45) is 5.10 Å². The minimum absolute atomic E-state index is 0.00362. The second-order valence-electron chi connectivity index (χ2n) is 9.64. The number of carbonyl (C=O) groups is 1. The molecule has 6 heteroatoms. The van der Waals surface area contributed by atoms with Gasteiger partial charge in [-0.1, -0.05) is 36.4 Å². The fraction of sp³-hybridized carbons (Fsp3) is 0.333. The standard InChI is InChI=1S/C30H33N3O3/c1-20-9-10-23(15-21(20)2)27-17-28(26-12-11-25(35-3)16-29(26)36-4)33(31-27)30(34)19-32-14-13-22-7-5-6-8-24(22)18-32/h5-12,15-16,28H,13-14,17-19H2,1-4H3/t28-/m1/s1. The zero-order chi connectivity index (χ0) is 25.2. The first-order chi connectivity index (χ1) is 17.5. The number of hydrogen-bond donors (Lipinski definition) is 0. The minimum atomic E-state index is -0.243. The van der Waals surface area contributed by atoms with Crippen LogP contribution in [0.2, 0.25) is 0 Å². The number of benzene rings is 3. The molecule has 2 heterocycles. The normalized spacial score (nSPS) is 17.5. The van der Waals surface area contributed by atoms with Crippen molar-refractivity contribution in [3.63, 3.8) is 0 Å². The summed E-state index contributed by atoms with van der Waals surface area (Å²) >= 11 is 0. The molecule has 0 aromatic heterocycles. The molecule has 0 N–H and O–H groups in total. The third-order valence-corrected chi connectivity index (χ3v) is 7.37. The lowest BCUT2D eigenvalue weighted by Gasteiger charge is -2.30. The van der Waals surface area contributed by atoms with Crippen molar-refractivity contribution in [1.29, 1.82) is 0 Å². The highest BCUT2D eigenvalue weighted by Gasteiger charge is 2.36. The maximum absolute atomic E-state index is 13.7. The molecule has 2 aliphatic rings. The number of carbonyl (C=O) groups excluding carboxylic acids is 1. The average molecular weight is 484 g/mol. The van der Waals surface area contributed by atoms with Crippen LogP contribution in [0.4, 0.5) is 0 Å². The summed E-state index contributed by atoms with van der Waals surface area (Å²) in [6.07, 6.45) is 1.58. The molecule has 0 saturated heterocycles. The molecule has 0 fully saturated rings. The summed E-state index contributed by atoms with van der Waals surface area (Å²) in [4.78, 5) is 16.0. The number of amides is 1. The van der Waals surface area contributed by atoms with Gasteiger partial charge in [0.1, 0.15) is 11.5 Å². The van der Waals surface area contributed by atoms with Gasteiger partial charge in [-0.25, -0.2) is 5.01 Å². The van der Waals surface area contributed by atoms with E-state index in [1.807, 2.05) is 18.2 Å². The number of hydrogen-bond acceptors (Lipinski definition) is 5. The monoisotopic (exact) mass is 483 g/mol. The van der Waals surface area contributed by atoms with E-state index in [0.717, 1.165) is 36.3 Å². The average Bonchev–Trinajstić information content (AvgIpc) is 3.35. The zero-order valence-electron chi connectivity index (χ0n) is 21.5. The number of nitrogens with zero attached hydrogens (tertiary/aromatic N) is 3. The van der Waals surface area contributed by atoms with Gasteiger partial charge in [0.15, 0.2) is 0 Å². The van der Waals surface area contributed by atoms with Crippen LogP contribution in [-0.2, 0) is 17.8 Å². The topological polar surface area (TPSA) is 54.4 Å². The number of methoxy groups -OCH3 is 2. The lowest BCUT2D eigenvalue weighted by Crippen LogP contribution is -2.40. The Labute approximate surface area is 213 Å². The van der Waals surface area contributed by atoms with Crippen LogP contribution in [-0.4, -0.2) is 48.8 Å². The van der Waals surface area contributed by atoms with Crippen molar-refractivity contribution >= 4 is 11.6 Å². The number of ether oxygens (including phenoxy) is 2. The van der Waals surface area contributed by atoms with E-state index in [1.54, 1.807) is 19.2 Å². The molecule has 0 bridgehead atoms. The van der Waals surface area contributed by atoms with Gasteiger partial charge in [0, 0.05) is 31.1 Å². The Bertz CT molecular complexity index is 1320. The molecule has 2 aliphatic heterocycles. The molecule has 0 radical (unpaired) electrons. The van der Waals surface area contributed by atoms with Crippen LogP contribution in [0.15, 0.2) is 65.8 Å². The molecule has 36 heavy (non-hydrogen) atoms. The lowest BCUT2D eigenvalue weighted by atomic mass is 9.95. The number of rotatable bonds is 6. The molecule has 0 aliphatic carbocycles. The van der Waals surface area contributed by atoms with Crippen LogP contribution >= 0.6 is 0 Å². The molecule has 1 amide bonds. The van der Waals surface area contributed by atoms with Gasteiger partial charge in [-0.3, -0.25) is 9.69 Å². The minimum Gasteiger partial charge on any atom is -0.497 e. The van der Waals surface area contributed by atoms with Gasteiger partial charge >= 0.3 is 0 Å². The SMILES string of the molecule is COc1ccc([C@H]2CC(c3ccc(C)c(C)c3)=NN2C(=O)CN2CCc3ccccc3C2)c(OC)c1. The highest BCUT2D eigenvalue weighted by atomic mass is 16.5. The number of hydrazone groups is 1. The summed E-state index contributed by atoms with van der Waals surface area (Å²) in [5, 5.41) is 6.58. The van der Waals surface area contributed by atoms with E-state index >= 15 is 0 Å². The Kier molecular flexibility index (Phi) is 6.79. The predicted molar refractivity (Wildman–Crippen MR) is 142 cm³/mol. The van der Waals surface area contributed by atoms with E-state index in [-0.39, 0.29) is 11.9 Å². The molecule has 0 unspecified atom stereocenters. The van der Waals surface area contributed by atoms with Crippen LogP contribution in [0.3, 0.4) is 0 Å². The highest BCUT2D eigenvalue weighted by Crippen LogP contribution is 2.39. The Hall–Kier alpha value is -3.64. The summed E-state index contributed by atoms with van der Waals surface area (Å²) in [6.45, 7) is 6.18. The first-order valence-corrected chi connectivity index (χ1v) is 12.4. The second kappa shape index (κ2) is 10.2. The zero-order valence-corrected chi connectivity index (χ0v) is 21.5. The third-order valence-electron chi connectivity index (χ3n) is 7.37. The van der Waals surface area contributed by atoms with Gasteiger partial charge in [0.2, 0.25) is 0 Å². The van der Waals surface area contributed by atoms with Crippen molar-refractivity contribution in [1.82, 2.24) is 9.91 Å². The van der Waals surface area contributed by atoms with Crippen molar-refractivity contribution in [3.8, 4) is 11.5 Å². The summed E-state index contributed by atoms with van der Waals surface area (Å²) in [7, 11) is 3.28. The fourth-order valence-electron chi connectivity index (χ4n) is 5.12. The molecule has 0 saturated carbocycles. The van der Waals surface area contributed by atoms with Gasteiger partial charge in [-0.15, -0.1) is 0 Å². The van der Waals surface area contributed by atoms with E-state index in [4.69, 9.17) is 14.6 Å². The largest absolute Gasteiger partial charge is 0.497 e. The molecule has 6 nitrogen and oxygen atoms in total. The van der Waals surface area contributed by atoms with E-state index in [0.29, 0.717) is 24.5 Å². The highest BCUT2D eigenvalue weighted by molar-refractivity contribution is 6.03. The second-order valence-corrected chi connectivity index (χ2v) is 9.64. The van der Waals surface area contributed by atoms with Crippen LogP contribution < -0.4 is 9.47 Å². The van der Waals surface area contributed by atoms with Gasteiger partial charge in [0.05, 0.1) is 32.5 Å². The molecule has 3 aromatic carbocycles. The van der Waals surface area contributed by atoms with Crippen molar-refractivity contribution in [2.45, 2.75) is 39.3 Å². The predicted octanol–water partition coefficient (Wildman–Crippen LogP) is 5.06. The summed E-state index contributed by atoms with van der Waals surface area (Å²) in [6, 6.07) is 20.4. The van der Waals surface area contributed by atoms with Gasteiger partial charge < -0.3 is 9.47 Å². The molecular weight excluding hydrogens is 450 g/mol. The van der Waals surface area contributed by atoms with Crippen LogP contribution in [0.1, 0.15) is 45.8 Å². The van der Waals surface area contributed by atoms with Gasteiger partial charge in [0.25, 0.3) is 5.91 Å². The molecular formula is C30H33N3O3. The Morgan fingerprint density at radius 2 is 1.78 bits per heavy atom. The van der Waals surface area contributed by atoms with Crippen LogP contribution in [0, 0.1) is 13.8 Å². The molecule has 1 atom stereocenters. The van der Waals surface area contributed by atoms with E-state index in [9.17, 15) is 4.79 Å². The molecule has 186 valence electrons. The fourth-order valence-corrected chi connectivity index (χ4v) is 5.12. The Balaban J connectivity index is 1.45. The Morgan fingerprint density at radius 1 is 0.972 bits per heavy atom. The van der Waals surface area contributed by atoms with Crippen molar-refractivity contribution in [2.75, 3.05) is 27.3 Å². The maximum Gasteiger partial charge on any atom is 0.257 e.